The number of benzene rings is 1. The molecule has 2 aromatic rings. The number of fused-ring (bicyclic) bond motifs is 1. The number of nitrogens with one attached hydrogen (secondary N) is 1. The van der Waals surface area contributed by atoms with Crippen LogP contribution < -0.4 is 5.32 Å². The number of carbonyl (C=O) groups excluding carboxylic acids is 1. The van der Waals surface area contributed by atoms with Crippen LogP contribution in [0.25, 0.3) is 11.0 Å². The number of hydrogen-bond donors (Lipinski definition) is 2. The van der Waals surface area contributed by atoms with Crippen molar-refractivity contribution in [1.29, 1.82) is 0 Å². The van der Waals surface area contributed by atoms with E-state index in [1.54, 1.807) is 11.8 Å². The molecule has 0 aliphatic rings. The smallest absolute Gasteiger partial charge is 0.318 e. The lowest BCUT2D eigenvalue weighted by atomic mass is 9.87. The van der Waals surface area contributed by atoms with Crippen LogP contribution in [0.3, 0.4) is 0 Å². The highest BCUT2D eigenvalue weighted by Gasteiger charge is 2.26. The van der Waals surface area contributed by atoms with E-state index in [0.717, 1.165) is 16.7 Å². The molecule has 0 saturated heterocycles. The predicted octanol–water partition coefficient (Wildman–Crippen LogP) is 4.32. The molecule has 0 bridgehead atoms. The van der Waals surface area contributed by atoms with Crippen LogP contribution >= 0.6 is 0 Å². The quantitative estimate of drug-likeness (QED) is 0.784. The molecular weight excluding hydrogens is 316 g/mol. The first-order valence-electron chi connectivity index (χ1n) is 8.94. The molecule has 5 heteroatoms. The summed E-state index contributed by atoms with van der Waals surface area (Å²) in [5.41, 5.74) is 0.671. The molecule has 1 heterocycles. The molecule has 25 heavy (non-hydrogen) atoms. The Kier molecular flexibility index (Phi) is 6.11. The first-order chi connectivity index (χ1) is 11.7. The second-order valence-corrected chi connectivity index (χ2v) is 7.52. The summed E-state index contributed by atoms with van der Waals surface area (Å²) in [5, 5.41) is 13.6. The van der Waals surface area contributed by atoms with E-state index in [1.165, 1.54) is 0 Å². The van der Waals surface area contributed by atoms with E-state index in [2.05, 4.69) is 5.32 Å². The number of aliphatic hydroxyl groups is 1. The summed E-state index contributed by atoms with van der Waals surface area (Å²) in [6.07, 6.45) is 0.252. The lowest BCUT2D eigenvalue weighted by Crippen LogP contribution is -2.45. The Morgan fingerprint density at radius 1 is 1.32 bits per heavy atom. The fourth-order valence-corrected chi connectivity index (χ4v) is 3.24. The topological polar surface area (TPSA) is 65.7 Å². The van der Waals surface area contributed by atoms with Gasteiger partial charge in [-0.3, -0.25) is 0 Å². The second-order valence-electron chi connectivity index (χ2n) is 7.52. The molecule has 0 saturated carbocycles. The zero-order chi connectivity index (χ0) is 18.6. The summed E-state index contributed by atoms with van der Waals surface area (Å²) in [4.78, 5) is 14.4. The fraction of sp³-hybridized carbons (Fsp3) is 0.550. The Morgan fingerprint density at radius 2 is 2.00 bits per heavy atom. The average molecular weight is 346 g/mol. The zero-order valence-corrected chi connectivity index (χ0v) is 15.9. The van der Waals surface area contributed by atoms with Crippen molar-refractivity contribution >= 4 is 17.0 Å². The molecule has 2 amide bonds. The van der Waals surface area contributed by atoms with Crippen molar-refractivity contribution in [2.45, 2.75) is 53.2 Å². The van der Waals surface area contributed by atoms with Gasteiger partial charge in [-0.2, -0.15) is 0 Å². The SMILES string of the molecule is CCN(C(=O)NCC(C)(C)CC(C)O)C(C)c1cc2ccccc2o1. The van der Waals surface area contributed by atoms with Crippen LogP contribution in [0.5, 0.6) is 0 Å². The van der Waals surface area contributed by atoms with E-state index < -0.39 is 0 Å². The summed E-state index contributed by atoms with van der Waals surface area (Å²) in [5.74, 6) is 0.779. The van der Waals surface area contributed by atoms with Gasteiger partial charge in [0.05, 0.1) is 12.1 Å². The number of nitrogens with zero attached hydrogens (tertiary/aromatic N) is 1. The first kappa shape index (κ1) is 19.3. The predicted molar refractivity (Wildman–Crippen MR) is 100 cm³/mol. The Labute approximate surface area is 150 Å². The molecule has 138 valence electrons. The highest BCUT2D eigenvalue weighted by Crippen LogP contribution is 2.27. The molecule has 2 N–H and O–H groups in total. The molecule has 0 aliphatic carbocycles. The zero-order valence-electron chi connectivity index (χ0n) is 15.9. The first-order valence-corrected chi connectivity index (χ1v) is 8.94. The minimum Gasteiger partial charge on any atom is -0.459 e. The number of carbonyl (C=O) groups is 1. The number of para-hydroxylation sites is 1. The van der Waals surface area contributed by atoms with Crippen LogP contribution in [0.1, 0.15) is 52.8 Å². The van der Waals surface area contributed by atoms with Gasteiger partial charge < -0.3 is 19.7 Å². The highest BCUT2D eigenvalue weighted by molar-refractivity contribution is 5.78. The van der Waals surface area contributed by atoms with Crippen LogP contribution in [0.15, 0.2) is 34.7 Å². The summed E-state index contributed by atoms with van der Waals surface area (Å²) >= 11 is 0. The van der Waals surface area contributed by atoms with Gasteiger partial charge in [0, 0.05) is 18.5 Å². The van der Waals surface area contributed by atoms with Gasteiger partial charge in [-0.05, 0) is 44.7 Å². The number of amides is 2. The van der Waals surface area contributed by atoms with Crippen LogP contribution in [0, 0.1) is 5.41 Å². The van der Waals surface area contributed by atoms with Crippen molar-refractivity contribution < 1.29 is 14.3 Å². The monoisotopic (exact) mass is 346 g/mol. The van der Waals surface area contributed by atoms with E-state index in [0.29, 0.717) is 19.5 Å². The standard InChI is InChI=1S/C20H30N2O3/c1-6-22(19(24)21-13-20(4,5)12-14(2)23)15(3)18-11-16-9-7-8-10-17(16)25-18/h7-11,14-15,23H,6,12-13H2,1-5H3,(H,21,24). The summed E-state index contributed by atoms with van der Waals surface area (Å²) in [7, 11) is 0. The Hall–Kier alpha value is -2.01. The lowest BCUT2D eigenvalue weighted by molar-refractivity contribution is 0.124. The van der Waals surface area contributed by atoms with E-state index in [-0.39, 0.29) is 23.6 Å². The van der Waals surface area contributed by atoms with Crippen molar-refractivity contribution in [3.05, 3.63) is 36.1 Å². The van der Waals surface area contributed by atoms with Crippen molar-refractivity contribution in [2.24, 2.45) is 5.41 Å². The van der Waals surface area contributed by atoms with E-state index >= 15 is 0 Å². The van der Waals surface area contributed by atoms with Crippen LogP contribution in [0.2, 0.25) is 0 Å². The number of aliphatic hydroxyl groups excluding tert-OH is 1. The molecule has 1 aromatic heterocycles. The molecule has 1 aromatic carbocycles. The van der Waals surface area contributed by atoms with Crippen molar-refractivity contribution in [2.75, 3.05) is 13.1 Å². The molecule has 0 aliphatic heterocycles. The maximum Gasteiger partial charge on any atom is 0.318 e. The summed E-state index contributed by atoms with van der Waals surface area (Å²) in [6.45, 7) is 10.9. The third kappa shape index (κ3) is 4.98. The number of rotatable bonds is 7. The molecule has 0 radical (unpaired) electrons. The molecule has 2 atom stereocenters. The van der Waals surface area contributed by atoms with E-state index in [9.17, 15) is 9.90 Å². The number of urea groups is 1. The van der Waals surface area contributed by atoms with E-state index in [1.807, 2.05) is 58.0 Å². The fourth-order valence-electron chi connectivity index (χ4n) is 3.24. The number of hydrogen-bond acceptors (Lipinski definition) is 3. The second kappa shape index (κ2) is 7.91. The summed E-state index contributed by atoms with van der Waals surface area (Å²) in [6, 6.07) is 9.57. The van der Waals surface area contributed by atoms with Gasteiger partial charge in [0.1, 0.15) is 11.3 Å². The van der Waals surface area contributed by atoms with Gasteiger partial charge in [0.15, 0.2) is 0 Å². The van der Waals surface area contributed by atoms with Gasteiger partial charge in [-0.15, -0.1) is 0 Å². The molecule has 2 rings (SSSR count). The minimum atomic E-state index is -0.386. The van der Waals surface area contributed by atoms with Gasteiger partial charge in [0.25, 0.3) is 0 Å². The molecule has 5 nitrogen and oxygen atoms in total. The minimum absolute atomic E-state index is 0.117. The molecule has 0 spiro atoms. The molecular formula is C20H30N2O3. The van der Waals surface area contributed by atoms with Crippen molar-refractivity contribution in [3.8, 4) is 0 Å². The van der Waals surface area contributed by atoms with Crippen LogP contribution in [-0.4, -0.2) is 35.2 Å². The Balaban J connectivity index is 2.05. The Bertz CT molecular complexity index is 673. The van der Waals surface area contributed by atoms with Gasteiger partial charge in [-0.1, -0.05) is 32.0 Å². The third-order valence-electron chi connectivity index (χ3n) is 4.49. The molecule has 0 fully saturated rings. The average Bonchev–Trinajstić information content (AvgIpc) is 2.96. The van der Waals surface area contributed by atoms with Gasteiger partial charge in [-0.25, -0.2) is 4.79 Å². The largest absolute Gasteiger partial charge is 0.459 e. The van der Waals surface area contributed by atoms with Crippen molar-refractivity contribution in [1.82, 2.24) is 10.2 Å². The normalized spacial score (nSPS) is 14.3. The van der Waals surface area contributed by atoms with E-state index in [4.69, 9.17) is 4.42 Å². The lowest BCUT2D eigenvalue weighted by Gasteiger charge is -2.31. The highest BCUT2D eigenvalue weighted by atomic mass is 16.3. The van der Waals surface area contributed by atoms with Crippen LogP contribution in [0.4, 0.5) is 4.79 Å². The third-order valence-corrected chi connectivity index (χ3v) is 4.49. The maximum absolute atomic E-state index is 12.6. The maximum atomic E-state index is 12.6. The number of furan rings is 1. The van der Waals surface area contributed by atoms with Crippen molar-refractivity contribution in [3.63, 3.8) is 0 Å². The summed E-state index contributed by atoms with van der Waals surface area (Å²) < 4.78 is 5.91. The van der Waals surface area contributed by atoms with Gasteiger partial charge >= 0.3 is 6.03 Å². The molecule has 2 unspecified atom stereocenters. The Morgan fingerprint density at radius 3 is 2.60 bits per heavy atom. The van der Waals surface area contributed by atoms with Crippen LogP contribution in [-0.2, 0) is 0 Å². The van der Waals surface area contributed by atoms with Gasteiger partial charge in [0.2, 0.25) is 0 Å².